The molecule has 1 atom stereocenters. The Bertz CT molecular complexity index is 1310. The van der Waals surface area contributed by atoms with Gasteiger partial charge in [0.15, 0.2) is 10.8 Å². The number of amides is 1. The number of hydrogen-bond acceptors (Lipinski definition) is 9. The third-order valence-corrected chi connectivity index (χ3v) is 8.72. The van der Waals surface area contributed by atoms with Crippen molar-refractivity contribution in [3.63, 3.8) is 0 Å². The van der Waals surface area contributed by atoms with Crippen molar-refractivity contribution < 1.29 is 4.79 Å². The van der Waals surface area contributed by atoms with Crippen LogP contribution in [0.1, 0.15) is 61.3 Å². The second-order valence-corrected chi connectivity index (χ2v) is 11.6. The van der Waals surface area contributed by atoms with E-state index in [0.717, 1.165) is 46.0 Å². The van der Waals surface area contributed by atoms with Gasteiger partial charge in [0, 0.05) is 10.8 Å². The van der Waals surface area contributed by atoms with E-state index in [0.29, 0.717) is 16.2 Å². The van der Waals surface area contributed by atoms with E-state index in [1.165, 1.54) is 40.0 Å². The molecule has 0 aliphatic heterocycles. The smallest absolute Gasteiger partial charge is 0.236 e. The first-order valence-electron chi connectivity index (χ1n) is 10.9. The summed E-state index contributed by atoms with van der Waals surface area (Å²) < 4.78 is 2.05. The van der Waals surface area contributed by atoms with Gasteiger partial charge in [-0.1, -0.05) is 50.8 Å². The molecule has 4 aromatic rings. The largest absolute Gasteiger partial charge is 0.300 e. The Kier molecular flexibility index (Phi) is 5.89. The van der Waals surface area contributed by atoms with Crippen LogP contribution >= 0.6 is 34.4 Å². The molecule has 0 saturated carbocycles. The highest BCUT2D eigenvalue weighted by Crippen LogP contribution is 2.40. The van der Waals surface area contributed by atoms with Gasteiger partial charge in [0.25, 0.3) is 0 Å². The Morgan fingerprint density at radius 2 is 2.09 bits per heavy atom. The van der Waals surface area contributed by atoms with Crippen LogP contribution in [0.2, 0.25) is 0 Å². The molecule has 0 aromatic carbocycles. The first-order valence-corrected chi connectivity index (χ1v) is 13.5. The third-order valence-electron chi connectivity index (χ3n) is 5.66. The van der Waals surface area contributed by atoms with E-state index >= 15 is 0 Å². The first kappa shape index (κ1) is 21.7. The molecule has 11 heteroatoms. The number of aryl methyl sites for hydroxylation is 2. The highest BCUT2D eigenvalue weighted by molar-refractivity contribution is 7.99. The van der Waals surface area contributed by atoms with Crippen LogP contribution in [0, 0.1) is 5.92 Å². The lowest BCUT2D eigenvalue weighted by Gasteiger charge is -2.17. The van der Waals surface area contributed by atoms with Crippen LogP contribution in [0.3, 0.4) is 0 Å². The standard InChI is InChI=1S/C21H25N7OS3/c1-5-15-24-26-20(32-15)22-14(29)9-30-21-27-25-18-16-12-7-6-11(4)8-13(12)31-19(16)23-17(10(2)3)28(18)21/h10-11H,5-9H2,1-4H3,(H,22,26,29)/t11-/m0/s1. The van der Waals surface area contributed by atoms with Crippen LogP contribution in [0.4, 0.5) is 5.13 Å². The van der Waals surface area contributed by atoms with Crippen molar-refractivity contribution in [2.45, 2.75) is 64.5 Å². The summed E-state index contributed by atoms with van der Waals surface area (Å²) in [5, 5.41) is 23.2. The fourth-order valence-corrected chi connectivity index (χ4v) is 6.87. The van der Waals surface area contributed by atoms with Crippen LogP contribution in [0.25, 0.3) is 15.9 Å². The molecule has 32 heavy (non-hydrogen) atoms. The topological polar surface area (TPSA) is 98.0 Å². The lowest BCUT2D eigenvalue weighted by Crippen LogP contribution is -2.14. The van der Waals surface area contributed by atoms with Crippen molar-refractivity contribution in [1.29, 1.82) is 0 Å². The minimum atomic E-state index is -0.132. The van der Waals surface area contributed by atoms with Gasteiger partial charge in [0.1, 0.15) is 15.7 Å². The molecule has 0 bridgehead atoms. The van der Waals surface area contributed by atoms with Crippen molar-refractivity contribution in [3.8, 4) is 0 Å². The lowest BCUT2D eigenvalue weighted by atomic mass is 9.89. The summed E-state index contributed by atoms with van der Waals surface area (Å²) in [5.74, 6) is 1.94. The van der Waals surface area contributed by atoms with Crippen molar-refractivity contribution >= 4 is 61.3 Å². The zero-order chi connectivity index (χ0) is 22.4. The maximum Gasteiger partial charge on any atom is 0.236 e. The van der Waals surface area contributed by atoms with Crippen molar-refractivity contribution in [3.05, 3.63) is 21.3 Å². The summed E-state index contributed by atoms with van der Waals surface area (Å²) in [6, 6.07) is 0. The predicted octanol–water partition coefficient (Wildman–Crippen LogP) is 4.73. The van der Waals surface area contributed by atoms with Crippen molar-refractivity contribution in [1.82, 2.24) is 29.8 Å². The number of thiophene rings is 1. The van der Waals surface area contributed by atoms with Crippen LogP contribution in [0.15, 0.2) is 5.16 Å². The van der Waals surface area contributed by atoms with Crippen molar-refractivity contribution in [2.24, 2.45) is 5.92 Å². The number of nitrogens with one attached hydrogen (secondary N) is 1. The molecule has 0 saturated heterocycles. The number of fused-ring (bicyclic) bond motifs is 5. The van der Waals surface area contributed by atoms with E-state index in [9.17, 15) is 4.79 Å². The summed E-state index contributed by atoms with van der Waals surface area (Å²) in [6.45, 7) is 8.59. The average Bonchev–Trinajstić information content (AvgIpc) is 3.47. The monoisotopic (exact) mass is 487 g/mol. The molecule has 4 aromatic heterocycles. The second kappa shape index (κ2) is 8.68. The number of carbonyl (C=O) groups is 1. The summed E-state index contributed by atoms with van der Waals surface area (Å²) in [4.78, 5) is 20.0. The maximum absolute atomic E-state index is 12.5. The minimum Gasteiger partial charge on any atom is -0.300 e. The highest BCUT2D eigenvalue weighted by atomic mass is 32.2. The van der Waals surface area contributed by atoms with Crippen LogP contribution in [-0.4, -0.2) is 41.4 Å². The first-order chi connectivity index (χ1) is 15.4. The number of carbonyl (C=O) groups excluding carboxylic acids is 1. The fraction of sp³-hybridized carbons (Fsp3) is 0.524. The molecule has 0 unspecified atom stereocenters. The number of nitrogens with zero attached hydrogens (tertiary/aromatic N) is 6. The van der Waals surface area contributed by atoms with Gasteiger partial charge in [-0.2, -0.15) is 0 Å². The molecule has 0 spiro atoms. The fourth-order valence-electron chi connectivity index (χ4n) is 4.05. The van der Waals surface area contributed by atoms with Gasteiger partial charge >= 0.3 is 0 Å². The highest BCUT2D eigenvalue weighted by Gasteiger charge is 2.26. The zero-order valence-electron chi connectivity index (χ0n) is 18.5. The SMILES string of the molecule is CCc1nnc(NC(=O)CSc2nnc3c4c5c(sc4nc(C(C)C)n23)C[C@@H](C)CC5)s1. The number of thioether (sulfide) groups is 1. The molecule has 1 N–H and O–H groups in total. The molecule has 1 aliphatic carbocycles. The molecule has 1 amide bonds. The van der Waals surface area contributed by atoms with E-state index in [1.54, 1.807) is 0 Å². The Morgan fingerprint density at radius 1 is 1.25 bits per heavy atom. The quantitative estimate of drug-likeness (QED) is 0.393. The molecular formula is C21H25N7OS3. The Labute approximate surface area is 198 Å². The van der Waals surface area contributed by atoms with Crippen molar-refractivity contribution in [2.75, 3.05) is 11.1 Å². The van der Waals surface area contributed by atoms with Gasteiger partial charge in [-0.25, -0.2) is 4.98 Å². The van der Waals surface area contributed by atoms with E-state index in [2.05, 4.69) is 50.9 Å². The molecule has 8 nitrogen and oxygen atoms in total. The predicted molar refractivity (Wildman–Crippen MR) is 130 cm³/mol. The van der Waals surface area contributed by atoms with E-state index in [4.69, 9.17) is 4.98 Å². The van der Waals surface area contributed by atoms with E-state index < -0.39 is 0 Å². The Balaban J connectivity index is 1.47. The molecule has 0 radical (unpaired) electrons. The van der Waals surface area contributed by atoms with Gasteiger partial charge < -0.3 is 0 Å². The molecule has 5 rings (SSSR count). The van der Waals surface area contributed by atoms with Crippen LogP contribution in [-0.2, 0) is 24.1 Å². The normalized spacial score (nSPS) is 16.2. The number of anilines is 1. The summed E-state index contributed by atoms with van der Waals surface area (Å²) in [7, 11) is 0. The molecule has 0 fully saturated rings. The van der Waals surface area contributed by atoms with E-state index in [-0.39, 0.29) is 17.6 Å². The van der Waals surface area contributed by atoms with Crippen LogP contribution in [0.5, 0.6) is 0 Å². The van der Waals surface area contributed by atoms with Gasteiger partial charge in [-0.15, -0.1) is 31.7 Å². The lowest BCUT2D eigenvalue weighted by molar-refractivity contribution is -0.113. The Hall–Kier alpha value is -2.11. The third kappa shape index (κ3) is 3.90. The number of hydrogen-bond donors (Lipinski definition) is 1. The van der Waals surface area contributed by atoms with E-state index in [1.807, 2.05) is 18.3 Å². The van der Waals surface area contributed by atoms with Crippen LogP contribution < -0.4 is 5.32 Å². The Morgan fingerprint density at radius 3 is 2.84 bits per heavy atom. The number of rotatable bonds is 6. The summed E-state index contributed by atoms with van der Waals surface area (Å²) >= 11 is 4.59. The average molecular weight is 488 g/mol. The van der Waals surface area contributed by atoms with Gasteiger partial charge in [0.2, 0.25) is 11.0 Å². The maximum atomic E-state index is 12.5. The molecule has 1 aliphatic rings. The second-order valence-electron chi connectivity index (χ2n) is 8.49. The number of aromatic nitrogens is 6. The molecule has 4 heterocycles. The van der Waals surface area contributed by atoms with Gasteiger partial charge in [-0.3, -0.25) is 14.5 Å². The molecule has 168 valence electrons. The summed E-state index contributed by atoms with van der Waals surface area (Å²) in [6.07, 6.45) is 4.17. The molecular weight excluding hydrogens is 462 g/mol. The minimum absolute atomic E-state index is 0.132. The summed E-state index contributed by atoms with van der Waals surface area (Å²) in [5.41, 5.74) is 2.26. The van der Waals surface area contributed by atoms with Gasteiger partial charge in [-0.05, 0) is 37.2 Å². The zero-order valence-corrected chi connectivity index (χ0v) is 21.0. The van der Waals surface area contributed by atoms with Gasteiger partial charge in [0.05, 0.1) is 11.1 Å².